The van der Waals surface area contributed by atoms with Crippen molar-refractivity contribution < 1.29 is 33.9 Å². The van der Waals surface area contributed by atoms with Crippen molar-refractivity contribution in [1.82, 2.24) is 16.0 Å². The molecule has 0 saturated heterocycles. The molecule has 0 aliphatic carbocycles. The van der Waals surface area contributed by atoms with Crippen LogP contribution >= 0.6 is 0 Å². The molecular formula is C21H39N9O7. The topological polar surface area (TPSA) is 301 Å². The van der Waals surface area contributed by atoms with Crippen LogP contribution in [0.25, 0.3) is 0 Å². The molecule has 37 heavy (non-hydrogen) atoms. The second-order valence-corrected chi connectivity index (χ2v) is 8.56. The highest BCUT2D eigenvalue weighted by molar-refractivity contribution is 5.95. The van der Waals surface area contributed by atoms with E-state index >= 15 is 0 Å². The fraction of sp³-hybridized carbons (Fsp3) is 0.667. The van der Waals surface area contributed by atoms with Crippen molar-refractivity contribution >= 4 is 41.5 Å². The number of nitrogens with two attached hydrogens (primary N) is 5. The van der Waals surface area contributed by atoms with Gasteiger partial charge in [-0.15, -0.1) is 0 Å². The van der Waals surface area contributed by atoms with Crippen LogP contribution in [0.2, 0.25) is 0 Å². The normalized spacial score (nSPS) is 14.7. The van der Waals surface area contributed by atoms with Crippen LogP contribution in [0.15, 0.2) is 4.99 Å². The second kappa shape index (κ2) is 16.7. The van der Waals surface area contributed by atoms with E-state index in [1.807, 2.05) is 0 Å². The Hall–Kier alpha value is -3.95. The van der Waals surface area contributed by atoms with Crippen LogP contribution in [0.3, 0.4) is 0 Å². The quantitative estimate of drug-likeness (QED) is 0.0472. The van der Waals surface area contributed by atoms with Crippen LogP contribution in [0, 0.1) is 5.92 Å². The summed E-state index contributed by atoms with van der Waals surface area (Å²) in [6.07, 6.45) is -0.0938. The molecule has 0 bridgehead atoms. The molecule has 0 aromatic rings. The molecule has 14 N–H and O–H groups in total. The van der Waals surface area contributed by atoms with Gasteiger partial charge in [0.2, 0.25) is 29.5 Å². The van der Waals surface area contributed by atoms with Gasteiger partial charge in [-0.05, 0) is 25.2 Å². The lowest BCUT2D eigenvalue weighted by atomic mass is 9.97. The number of guanidine groups is 1. The zero-order valence-electron chi connectivity index (χ0n) is 21.1. The summed E-state index contributed by atoms with van der Waals surface area (Å²) in [4.78, 5) is 76.1. The van der Waals surface area contributed by atoms with Crippen molar-refractivity contribution in [3.05, 3.63) is 0 Å². The fourth-order valence-electron chi connectivity index (χ4n) is 3.10. The number of aliphatic imine (C=N–C) groups is 1. The first-order valence-electron chi connectivity index (χ1n) is 11.7. The number of carbonyl (C=O) groups excluding carboxylic acids is 5. The smallest absolute Gasteiger partial charge is 0.326 e. The van der Waals surface area contributed by atoms with Crippen LogP contribution in [0.5, 0.6) is 0 Å². The second-order valence-electron chi connectivity index (χ2n) is 8.56. The monoisotopic (exact) mass is 529 g/mol. The van der Waals surface area contributed by atoms with Gasteiger partial charge in [0, 0.05) is 13.0 Å². The number of primary amides is 2. The highest BCUT2D eigenvalue weighted by atomic mass is 16.4. The minimum absolute atomic E-state index is 0.106. The maximum atomic E-state index is 13.0. The standard InChI is InChI=1S/C21H39N9O7/c1-3-10(2)16(19(35)29-13(20(36)37)9-15(24)32)30-18(34)12(6-7-14(23)31)28-17(33)11(22)5-4-8-27-21(25)26/h10-13,16H,3-9,22H2,1-2H3,(H2,23,31)(H2,24,32)(H,28,33)(H,29,35)(H,30,34)(H,36,37)(H4,25,26,27). The van der Waals surface area contributed by atoms with Crippen molar-refractivity contribution in [2.24, 2.45) is 39.6 Å². The first-order valence-corrected chi connectivity index (χ1v) is 11.7. The van der Waals surface area contributed by atoms with Gasteiger partial charge in [0.05, 0.1) is 12.5 Å². The first-order chi connectivity index (χ1) is 17.2. The number of carboxylic acid groups (broad SMARTS) is 1. The van der Waals surface area contributed by atoms with E-state index in [-0.39, 0.29) is 31.8 Å². The van der Waals surface area contributed by atoms with E-state index in [0.717, 1.165) is 0 Å². The number of rotatable bonds is 18. The summed E-state index contributed by atoms with van der Waals surface area (Å²) in [5.41, 5.74) is 26.6. The summed E-state index contributed by atoms with van der Waals surface area (Å²) in [6, 6.07) is -5.12. The summed E-state index contributed by atoms with van der Waals surface area (Å²) in [5.74, 6) is -6.10. The summed E-state index contributed by atoms with van der Waals surface area (Å²) in [7, 11) is 0. The molecular weight excluding hydrogens is 490 g/mol. The average Bonchev–Trinajstić information content (AvgIpc) is 2.80. The molecule has 210 valence electrons. The van der Waals surface area contributed by atoms with Crippen LogP contribution in [-0.4, -0.2) is 77.3 Å². The van der Waals surface area contributed by atoms with Crippen molar-refractivity contribution in [1.29, 1.82) is 0 Å². The minimum Gasteiger partial charge on any atom is -0.480 e. The van der Waals surface area contributed by atoms with Gasteiger partial charge in [0.15, 0.2) is 5.96 Å². The van der Waals surface area contributed by atoms with Gasteiger partial charge in [-0.3, -0.25) is 29.0 Å². The van der Waals surface area contributed by atoms with Crippen molar-refractivity contribution in [2.75, 3.05) is 6.54 Å². The van der Waals surface area contributed by atoms with Gasteiger partial charge in [-0.2, -0.15) is 0 Å². The number of carboxylic acids is 1. The first kappa shape index (κ1) is 33.0. The third kappa shape index (κ3) is 13.6. The number of amides is 5. The summed E-state index contributed by atoms with van der Waals surface area (Å²) in [5, 5.41) is 16.4. The Balaban J connectivity index is 5.55. The zero-order valence-corrected chi connectivity index (χ0v) is 21.1. The van der Waals surface area contributed by atoms with E-state index in [1.165, 1.54) is 0 Å². The van der Waals surface area contributed by atoms with Gasteiger partial charge < -0.3 is 49.7 Å². The Morgan fingerprint density at radius 3 is 1.92 bits per heavy atom. The Kier molecular flexibility index (Phi) is 14.9. The van der Waals surface area contributed by atoms with Gasteiger partial charge in [-0.1, -0.05) is 20.3 Å². The Morgan fingerprint density at radius 1 is 0.838 bits per heavy atom. The Morgan fingerprint density at radius 2 is 1.43 bits per heavy atom. The van der Waals surface area contributed by atoms with Crippen LogP contribution in [-0.2, 0) is 28.8 Å². The summed E-state index contributed by atoms with van der Waals surface area (Å²) in [6.45, 7) is 3.62. The van der Waals surface area contributed by atoms with Gasteiger partial charge in [-0.25, -0.2) is 4.79 Å². The maximum absolute atomic E-state index is 13.0. The lowest BCUT2D eigenvalue weighted by molar-refractivity contribution is -0.144. The number of hydrogen-bond acceptors (Lipinski definition) is 8. The van der Waals surface area contributed by atoms with Crippen molar-refractivity contribution in [3.8, 4) is 0 Å². The van der Waals surface area contributed by atoms with E-state index in [2.05, 4.69) is 20.9 Å². The van der Waals surface area contributed by atoms with Gasteiger partial charge in [0.1, 0.15) is 18.1 Å². The van der Waals surface area contributed by atoms with Crippen LogP contribution < -0.4 is 44.6 Å². The lowest BCUT2D eigenvalue weighted by Gasteiger charge is -2.28. The number of hydrogen-bond donors (Lipinski definition) is 9. The van der Waals surface area contributed by atoms with Crippen molar-refractivity contribution in [3.63, 3.8) is 0 Å². The van der Waals surface area contributed by atoms with E-state index < -0.39 is 72.0 Å². The molecule has 0 fully saturated rings. The zero-order chi connectivity index (χ0) is 28.7. The van der Waals surface area contributed by atoms with E-state index in [4.69, 9.17) is 28.7 Å². The number of aliphatic carboxylic acids is 1. The number of nitrogens with zero attached hydrogens (tertiary/aromatic N) is 1. The molecule has 0 saturated carbocycles. The molecule has 16 nitrogen and oxygen atoms in total. The average molecular weight is 530 g/mol. The summed E-state index contributed by atoms with van der Waals surface area (Å²) < 4.78 is 0. The molecule has 5 atom stereocenters. The molecule has 5 amide bonds. The fourth-order valence-corrected chi connectivity index (χ4v) is 3.10. The summed E-state index contributed by atoms with van der Waals surface area (Å²) >= 11 is 0. The Labute approximate surface area is 214 Å². The van der Waals surface area contributed by atoms with Crippen LogP contribution in [0.4, 0.5) is 0 Å². The number of carbonyl (C=O) groups is 6. The predicted molar refractivity (Wildman–Crippen MR) is 133 cm³/mol. The number of nitrogens with one attached hydrogen (secondary N) is 3. The third-order valence-corrected chi connectivity index (χ3v) is 5.43. The van der Waals surface area contributed by atoms with E-state index in [9.17, 15) is 33.9 Å². The molecule has 0 radical (unpaired) electrons. The molecule has 0 aromatic heterocycles. The molecule has 16 heteroatoms. The minimum atomic E-state index is -1.60. The lowest BCUT2D eigenvalue weighted by Crippen LogP contribution is -2.59. The van der Waals surface area contributed by atoms with Gasteiger partial charge in [0.25, 0.3) is 0 Å². The molecule has 0 spiro atoms. The predicted octanol–water partition coefficient (Wildman–Crippen LogP) is -3.91. The highest BCUT2D eigenvalue weighted by Gasteiger charge is 2.33. The molecule has 0 aliphatic rings. The van der Waals surface area contributed by atoms with E-state index in [1.54, 1.807) is 13.8 Å². The largest absolute Gasteiger partial charge is 0.480 e. The highest BCUT2D eigenvalue weighted by Crippen LogP contribution is 2.11. The van der Waals surface area contributed by atoms with Crippen molar-refractivity contribution in [2.45, 2.75) is 76.5 Å². The molecule has 0 aliphatic heterocycles. The SMILES string of the molecule is CCC(C)C(NC(=O)C(CCC(N)=O)NC(=O)C(N)CCCN=C(N)N)C(=O)NC(CC(N)=O)C(=O)O. The van der Waals surface area contributed by atoms with E-state index in [0.29, 0.717) is 12.8 Å². The molecule has 0 heterocycles. The molecule has 5 unspecified atom stereocenters. The maximum Gasteiger partial charge on any atom is 0.326 e. The molecule has 0 aromatic carbocycles. The molecule has 0 rings (SSSR count). The van der Waals surface area contributed by atoms with Crippen LogP contribution in [0.1, 0.15) is 52.4 Å². The third-order valence-electron chi connectivity index (χ3n) is 5.43. The Bertz CT molecular complexity index is 861. The van der Waals surface area contributed by atoms with Gasteiger partial charge >= 0.3 is 5.97 Å².